The number of fused-ring (bicyclic) bond motifs is 1. The van der Waals surface area contributed by atoms with Gasteiger partial charge in [-0.1, -0.05) is 29.5 Å². The van der Waals surface area contributed by atoms with E-state index in [1.165, 1.54) is 0 Å². The molecule has 0 radical (unpaired) electrons. The Morgan fingerprint density at radius 3 is 2.84 bits per heavy atom. The number of aromatic amines is 1. The molecular formula is C23H26N4O4S. The van der Waals surface area contributed by atoms with Crippen LogP contribution in [0.15, 0.2) is 47.3 Å². The van der Waals surface area contributed by atoms with Gasteiger partial charge >= 0.3 is 4.87 Å². The summed E-state index contributed by atoms with van der Waals surface area (Å²) in [5.41, 5.74) is 8.21. The first-order valence-electron chi connectivity index (χ1n) is 10.5. The summed E-state index contributed by atoms with van der Waals surface area (Å²) in [4.78, 5) is 43.0. The minimum atomic E-state index is -0.519. The highest BCUT2D eigenvalue weighted by molar-refractivity contribution is 7.16. The van der Waals surface area contributed by atoms with E-state index in [0.29, 0.717) is 25.1 Å². The third kappa shape index (κ3) is 4.90. The molecule has 1 fully saturated rings. The van der Waals surface area contributed by atoms with E-state index in [1.807, 2.05) is 24.3 Å². The predicted molar refractivity (Wildman–Crippen MR) is 124 cm³/mol. The summed E-state index contributed by atoms with van der Waals surface area (Å²) in [7, 11) is 1.75. The standard InChI is InChI=1S/C23H26N4O4S/c1-26(21(29)10-14-5-6-20-18(9-14)25-23(31)32-20)19(13-27-8-7-17(28)12-27)15-3-2-4-16(11-15)22(24)30/h2-6,9,11,17,19,28H,7-8,10,12-13H2,1H3,(H2,24,30)(H,25,31)/t17?,19-/m1/s1. The van der Waals surface area contributed by atoms with Gasteiger partial charge in [-0.25, -0.2) is 0 Å². The third-order valence-electron chi connectivity index (χ3n) is 5.93. The van der Waals surface area contributed by atoms with Crippen LogP contribution in [0.2, 0.25) is 0 Å². The minimum absolute atomic E-state index is 0.0869. The molecule has 168 valence electrons. The average molecular weight is 455 g/mol. The van der Waals surface area contributed by atoms with Crippen LogP contribution in [0.25, 0.3) is 10.2 Å². The molecule has 0 aliphatic carbocycles. The lowest BCUT2D eigenvalue weighted by Gasteiger charge is -2.32. The number of nitrogens with zero attached hydrogens (tertiary/aromatic N) is 2. The molecule has 1 aliphatic heterocycles. The van der Waals surface area contributed by atoms with Crippen LogP contribution >= 0.6 is 11.3 Å². The van der Waals surface area contributed by atoms with Crippen molar-refractivity contribution >= 4 is 33.4 Å². The molecule has 4 N–H and O–H groups in total. The van der Waals surface area contributed by atoms with E-state index in [2.05, 4.69) is 9.88 Å². The molecule has 0 bridgehead atoms. The molecule has 1 aromatic heterocycles. The predicted octanol–water partition coefficient (Wildman–Crippen LogP) is 1.50. The van der Waals surface area contributed by atoms with Crippen molar-refractivity contribution in [3.8, 4) is 0 Å². The normalized spacial score (nSPS) is 17.5. The third-order valence-corrected chi connectivity index (χ3v) is 6.80. The summed E-state index contributed by atoms with van der Waals surface area (Å²) >= 11 is 1.14. The topological polar surface area (TPSA) is 120 Å². The Morgan fingerprint density at radius 1 is 1.31 bits per heavy atom. The van der Waals surface area contributed by atoms with Gasteiger partial charge in [0.25, 0.3) is 0 Å². The Hall–Kier alpha value is -3.01. The zero-order chi connectivity index (χ0) is 22.8. The monoisotopic (exact) mass is 454 g/mol. The highest BCUT2D eigenvalue weighted by Gasteiger charge is 2.28. The maximum atomic E-state index is 13.2. The summed E-state index contributed by atoms with van der Waals surface area (Å²) in [6.07, 6.45) is 0.511. The van der Waals surface area contributed by atoms with Gasteiger partial charge in [0.15, 0.2) is 0 Å². The quantitative estimate of drug-likeness (QED) is 0.500. The Balaban J connectivity index is 1.58. The zero-order valence-electron chi connectivity index (χ0n) is 17.8. The molecule has 0 saturated carbocycles. The van der Waals surface area contributed by atoms with E-state index in [4.69, 9.17) is 5.73 Å². The molecule has 3 aromatic rings. The van der Waals surface area contributed by atoms with Gasteiger partial charge in [-0.2, -0.15) is 0 Å². The van der Waals surface area contributed by atoms with E-state index < -0.39 is 5.91 Å². The molecule has 8 nitrogen and oxygen atoms in total. The summed E-state index contributed by atoms with van der Waals surface area (Å²) in [5.74, 6) is -0.606. The van der Waals surface area contributed by atoms with Crippen LogP contribution in [-0.2, 0) is 11.2 Å². The number of hydrogen-bond donors (Lipinski definition) is 3. The number of aromatic nitrogens is 1. The Labute approximate surface area is 189 Å². The van der Waals surface area contributed by atoms with Crippen LogP contribution in [0.3, 0.4) is 0 Å². The van der Waals surface area contributed by atoms with Crippen LogP contribution in [0, 0.1) is 0 Å². The highest BCUT2D eigenvalue weighted by atomic mass is 32.1. The smallest absolute Gasteiger partial charge is 0.305 e. The van der Waals surface area contributed by atoms with Crippen molar-refractivity contribution in [1.29, 1.82) is 0 Å². The van der Waals surface area contributed by atoms with Gasteiger partial charge in [0.1, 0.15) is 0 Å². The van der Waals surface area contributed by atoms with Crippen molar-refractivity contribution in [2.45, 2.75) is 25.0 Å². The number of benzene rings is 2. The largest absolute Gasteiger partial charge is 0.392 e. The lowest BCUT2D eigenvalue weighted by atomic mass is 10.0. The molecule has 2 atom stereocenters. The number of hydrogen-bond acceptors (Lipinski definition) is 6. The molecule has 1 saturated heterocycles. The number of β-amino-alcohol motifs (C(OH)–C–C–N with tert-alkyl or cyclic N) is 1. The molecule has 2 heterocycles. The molecular weight excluding hydrogens is 428 g/mol. The number of aliphatic hydroxyl groups is 1. The van der Waals surface area contributed by atoms with Crippen molar-refractivity contribution < 1.29 is 14.7 Å². The number of thiazole rings is 1. The highest BCUT2D eigenvalue weighted by Crippen LogP contribution is 2.25. The zero-order valence-corrected chi connectivity index (χ0v) is 18.6. The van der Waals surface area contributed by atoms with Gasteiger partial charge < -0.3 is 20.7 Å². The van der Waals surface area contributed by atoms with E-state index in [0.717, 1.165) is 39.2 Å². The summed E-state index contributed by atoms with van der Waals surface area (Å²) in [6, 6.07) is 12.3. The van der Waals surface area contributed by atoms with Crippen LogP contribution in [0.5, 0.6) is 0 Å². The van der Waals surface area contributed by atoms with Gasteiger partial charge in [0.05, 0.1) is 28.8 Å². The maximum absolute atomic E-state index is 13.2. The van der Waals surface area contributed by atoms with E-state index in [9.17, 15) is 19.5 Å². The second-order valence-electron chi connectivity index (χ2n) is 8.23. The fourth-order valence-electron chi connectivity index (χ4n) is 4.16. The van der Waals surface area contributed by atoms with Gasteiger partial charge in [0.2, 0.25) is 11.8 Å². The molecule has 2 amide bonds. The molecule has 32 heavy (non-hydrogen) atoms. The van der Waals surface area contributed by atoms with Gasteiger partial charge in [0, 0.05) is 32.2 Å². The summed E-state index contributed by atoms with van der Waals surface area (Å²) in [6.45, 7) is 1.84. The van der Waals surface area contributed by atoms with E-state index in [-0.39, 0.29) is 29.3 Å². The van der Waals surface area contributed by atoms with E-state index >= 15 is 0 Å². The molecule has 2 aromatic carbocycles. The second-order valence-corrected chi connectivity index (χ2v) is 9.25. The van der Waals surface area contributed by atoms with Crippen molar-refractivity contribution in [1.82, 2.24) is 14.8 Å². The number of carbonyl (C=O) groups is 2. The first kappa shape index (κ1) is 22.2. The van der Waals surface area contributed by atoms with Crippen molar-refractivity contribution in [2.75, 3.05) is 26.7 Å². The number of likely N-dealkylation sites (tertiary alicyclic amines) is 1. The number of H-pyrrole nitrogens is 1. The number of nitrogens with one attached hydrogen (secondary N) is 1. The lowest BCUT2D eigenvalue weighted by molar-refractivity contribution is -0.131. The lowest BCUT2D eigenvalue weighted by Crippen LogP contribution is -2.39. The molecule has 1 aliphatic rings. The average Bonchev–Trinajstić information content (AvgIpc) is 3.35. The van der Waals surface area contributed by atoms with Crippen molar-refractivity contribution in [3.05, 3.63) is 68.8 Å². The van der Waals surface area contributed by atoms with Crippen LogP contribution in [0.1, 0.15) is 33.9 Å². The van der Waals surface area contributed by atoms with Gasteiger partial charge in [-0.15, -0.1) is 0 Å². The summed E-state index contributed by atoms with van der Waals surface area (Å²) < 4.78 is 0.855. The SMILES string of the molecule is CN(C(=O)Cc1ccc2sc(=O)[nH]c2c1)[C@H](CN1CCC(O)C1)c1cccc(C(N)=O)c1. The van der Waals surface area contributed by atoms with Crippen molar-refractivity contribution in [3.63, 3.8) is 0 Å². The minimum Gasteiger partial charge on any atom is -0.392 e. The van der Waals surface area contributed by atoms with Gasteiger partial charge in [-0.05, 0) is 41.8 Å². The number of nitrogens with two attached hydrogens (primary N) is 1. The number of rotatable bonds is 7. The number of primary amides is 1. The fourth-order valence-corrected chi connectivity index (χ4v) is 4.87. The van der Waals surface area contributed by atoms with Gasteiger partial charge in [-0.3, -0.25) is 19.3 Å². The number of amides is 2. The first-order valence-corrected chi connectivity index (χ1v) is 11.3. The first-order chi connectivity index (χ1) is 15.3. The summed E-state index contributed by atoms with van der Waals surface area (Å²) in [5, 5.41) is 9.92. The molecule has 9 heteroatoms. The Morgan fingerprint density at radius 2 is 2.12 bits per heavy atom. The molecule has 4 rings (SSSR count). The van der Waals surface area contributed by atoms with Crippen LogP contribution < -0.4 is 10.6 Å². The van der Waals surface area contributed by atoms with Crippen LogP contribution in [-0.4, -0.2) is 64.5 Å². The number of carbonyl (C=O) groups excluding carboxylic acids is 2. The number of likely N-dealkylation sites (N-methyl/N-ethyl adjacent to an activating group) is 1. The van der Waals surface area contributed by atoms with Crippen LogP contribution in [0.4, 0.5) is 0 Å². The fraction of sp³-hybridized carbons (Fsp3) is 0.348. The number of aliphatic hydroxyl groups excluding tert-OH is 1. The molecule has 1 unspecified atom stereocenters. The van der Waals surface area contributed by atoms with Crippen molar-refractivity contribution in [2.24, 2.45) is 5.73 Å². The second kappa shape index (κ2) is 9.23. The Kier molecular flexibility index (Phi) is 6.40. The molecule has 0 spiro atoms. The maximum Gasteiger partial charge on any atom is 0.305 e. The van der Waals surface area contributed by atoms with E-state index in [1.54, 1.807) is 30.1 Å². The Bertz CT molecular complexity index is 1200.